The normalized spacial score (nSPS) is 16.6. The van der Waals surface area contributed by atoms with Crippen molar-refractivity contribution in [1.29, 1.82) is 0 Å². The Hall–Kier alpha value is -2.67. The highest BCUT2D eigenvalue weighted by Gasteiger charge is 2.26. The van der Waals surface area contributed by atoms with Crippen LogP contribution in [0.5, 0.6) is 0 Å². The lowest BCUT2D eigenvalue weighted by Crippen LogP contribution is -2.51. The number of carbonyl (C=O) groups is 1. The van der Waals surface area contributed by atoms with E-state index in [4.69, 9.17) is 0 Å². The molecular formula is C23H31N5O2. The quantitative estimate of drug-likeness (QED) is 0.650. The molecule has 0 saturated carbocycles. The van der Waals surface area contributed by atoms with E-state index < -0.39 is 0 Å². The van der Waals surface area contributed by atoms with Gasteiger partial charge in [-0.25, -0.2) is 4.52 Å². The Morgan fingerprint density at radius 2 is 1.70 bits per heavy atom. The van der Waals surface area contributed by atoms with Crippen molar-refractivity contribution in [3.63, 3.8) is 0 Å². The van der Waals surface area contributed by atoms with Crippen LogP contribution in [0.3, 0.4) is 0 Å². The molecular weight excluding hydrogens is 378 g/mol. The van der Waals surface area contributed by atoms with Gasteiger partial charge >= 0.3 is 0 Å². The lowest BCUT2D eigenvalue weighted by molar-refractivity contribution is 0.0574. The summed E-state index contributed by atoms with van der Waals surface area (Å²) in [5, 5.41) is 4.57. The summed E-state index contributed by atoms with van der Waals surface area (Å²) in [5.74, 6) is 0.237. The summed E-state index contributed by atoms with van der Waals surface area (Å²) < 4.78 is 3.44. The maximum absolute atomic E-state index is 13.2. The SMILES string of the molecule is CC[C@@H](C)N1CCN(C(=O)c2cc3c(=O)n(CC(C)C)c4ccccc4n3n2)CC1. The highest BCUT2D eigenvalue weighted by atomic mass is 16.2. The van der Waals surface area contributed by atoms with Crippen molar-refractivity contribution < 1.29 is 4.79 Å². The van der Waals surface area contributed by atoms with Gasteiger partial charge in [-0.3, -0.25) is 14.5 Å². The number of piperazine rings is 1. The van der Waals surface area contributed by atoms with Gasteiger partial charge < -0.3 is 9.47 Å². The summed E-state index contributed by atoms with van der Waals surface area (Å²) in [6.07, 6.45) is 1.11. The third-order valence-corrected chi connectivity index (χ3v) is 6.16. The Morgan fingerprint density at radius 3 is 2.33 bits per heavy atom. The van der Waals surface area contributed by atoms with Gasteiger partial charge in [0.15, 0.2) is 5.69 Å². The van der Waals surface area contributed by atoms with Crippen LogP contribution in [0.15, 0.2) is 35.1 Å². The third-order valence-electron chi connectivity index (χ3n) is 6.16. The standard InChI is InChI=1S/C23H31N5O2/c1-5-17(4)25-10-12-26(13-11-25)22(29)18-14-21-23(30)27(15-16(2)3)19-8-6-7-9-20(19)28(21)24-18/h6-9,14,16-17H,5,10-13,15H2,1-4H3/t17-/m1/s1. The van der Waals surface area contributed by atoms with Crippen molar-refractivity contribution in [3.8, 4) is 0 Å². The first-order valence-corrected chi connectivity index (χ1v) is 10.9. The summed E-state index contributed by atoms with van der Waals surface area (Å²) in [4.78, 5) is 30.6. The third kappa shape index (κ3) is 3.62. The minimum atomic E-state index is -0.101. The van der Waals surface area contributed by atoms with E-state index in [2.05, 4.69) is 37.7 Å². The second-order valence-corrected chi connectivity index (χ2v) is 8.71. The number of hydrogen-bond acceptors (Lipinski definition) is 4. The second-order valence-electron chi connectivity index (χ2n) is 8.71. The van der Waals surface area contributed by atoms with Gasteiger partial charge in [0.05, 0.1) is 11.0 Å². The van der Waals surface area contributed by atoms with E-state index in [1.807, 2.05) is 29.2 Å². The minimum Gasteiger partial charge on any atom is -0.335 e. The van der Waals surface area contributed by atoms with Crippen LogP contribution in [0.4, 0.5) is 0 Å². The van der Waals surface area contributed by atoms with E-state index in [0.717, 1.165) is 30.5 Å². The molecule has 0 N–H and O–H groups in total. The number of benzene rings is 1. The molecule has 0 unspecified atom stereocenters. The zero-order chi connectivity index (χ0) is 21.4. The second kappa shape index (κ2) is 8.22. The molecule has 1 amide bonds. The van der Waals surface area contributed by atoms with Gasteiger partial charge in [0, 0.05) is 44.8 Å². The molecule has 30 heavy (non-hydrogen) atoms. The van der Waals surface area contributed by atoms with Gasteiger partial charge in [-0.1, -0.05) is 32.9 Å². The molecule has 4 rings (SSSR count). The molecule has 0 radical (unpaired) electrons. The predicted octanol–water partition coefficient (Wildman–Crippen LogP) is 2.86. The number of hydrogen-bond donors (Lipinski definition) is 0. The van der Waals surface area contributed by atoms with Crippen LogP contribution in [0, 0.1) is 5.92 Å². The van der Waals surface area contributed by atoms with Crippen molar-refractivity contribution >= 4 is 22.5 Å². The number of rotatable bonds is 5. The first kappa shape index (κ1) is 20.6. The lowest BCUT2D eigenvalue weighted by Gasteiger charge is -2.37. The fourth-order valence-electron chi connectivity index (χ4n) is 4.27. The maximum atomic E-state index is 13.2. The predicted molar refractivity (Wildman–Crippen MR) is 119 cm³/mol. The Balaban J connectivity index is 1.70. The highest BCUT2D eigenvalue weighted by molar-refractivity contribution is 5.94. The number of carbonyl (C=O) groups excluding carboxylic acids is 1. The molecule has 1 aliphatic rings. The van der Waals surface area contributed by atoms with Gasteiger partial charge in [-0.15, -0.1) is 0 Å². The molecule has 1 fully saturated rings. The van der Waals surface area contributed by atoms with Crippen molar-refractivity contribution in [2.75, 3.05) is 26.2 Å². The molecule has 160 valence electrons. The van der Waals surface area contributed by atoms with E-state index in [1.165, 1.54) is 0 Å². The number of para-hydroxylation sites is 2. The number of amides is 1. The van der Waals surface area contributed by atoms with Crippen LogP contribution < -0.4 is 5.56 Å². The van der Waals surface area contributed by atoms with Crippen LogP contribution in [-0.4, -0.2) is 62.1 Å². The summed E-state index contributed by atoms with van der Waals surface area (Å²) in [5.41, 5.74) is 2.38. The Labute approximate surface area is 176 Å². The molecule has 1 atom stereocenters. The van der Waals surface area contributed by atoms with Gasteiger partial charge in [0.2, 0.25) is 0 Å². The average Bonchev–Trinajstić information content (AvgIpc) is 3.21. The maximum Gasteiger partial charge on any atom is 0.277 e. The number of aromatic nitrogens is 3. The first-order chi connectivity index (χ1) is 14.4. The molecule has 7 heteroatoms. The molecule has 1 aliphatic heterocycles. The molecule has 1 saturated heterocycles. The van der Waals surface area contributed by atoms with Crippen LogP contribution >= 0.6 is 0 Å². The van der Waals surface area contributed by atoms with Crippen LogP contribution in [-0.2, 0) is 6.54 Å². The van der Waals surface area contributed by atoms with E-state index >= 15 is 0 Å². The number of fused-ring (bicyclic) bond motifs is 3. The summed E-state index contributed by atoms with van der Waals surface area (Å²) in [7, 11) is 0. The van der Waals surface area contributed by atoms with E-state index in [1.54, 1.807) is 15.1 Å². The molecule has 2 aromatic heterocycles. The van der Waals surface area contributed by atoms with Crippen LogP contribution in [0.1, 0.15) is 44.6 Å². The van der Waals surface area contributed by atoms with Gasteiger partial charge in [0.1, 0.15) is 5.52 Å². The topological polar surface area (TPSA) is 62.9 Å². The Bertz CT molecular complexity index is 1120. The monoisotopic (exact) mass is 409 g/mol. The fraction of sp³-hybridized carbons (Fsp3) is 0.522. The smallest absolute Gasteiger partial charge is 0.277 e. The van der Waals surface area contributed by atoms with Crippen molar-refractivity contribution in [2.45, 2.75) is 46.7 Å². The van der Waals surface area contributed by atoms with Gasteiger partial charge in [-0.05, 0) is 31.4 Å². The Kier molecular flexibility index (Phi) is 5.64. The minimum absolute atomic E-state index is 0.0959. The zero-order valence-corrected chi connectivity index (χ0v) is 18.3. The van der Waals surface area contributed by atoms with E-state index in [0.29, 0.717) is 42.8 Å². The molecule has 0 spiro atoms. The summed E-state index contributed by atoms with van der Waals surface area (Å²) >= 11 is 0. The van der Waals surface area contributed by atoms with E-state index in [9.17, 15) is 9.59 Å². The van der Waals surface area contributed by atoms with Gasteiger partial charge in [0.25, 0.3) is 11.5 Å². The van der Waals surface area contributed by atoms with Crippen molar-refractivity contribution in [3.05, 3.63) is 46.4 Å². The molecule has 3 aromatic rings. The molecule has 0 aliphatic carbocycles. The molecule has 1 aromatic carbocycles. The molecule has 3 heterocycles. The average molecular weight is 410 g/mol. The van der Waals surface area contributed by atoms with Crippen LogP contribution in [0.2, 0.25) is 0 Å². The van der Waals surface area contributed by atoms with Crippen molar-refractivity contribution in [2.24, 2.45) is 5.92 Å². The summed E-state index contributed by atoms with van der Waals surface area (Å²) in [6.45, 7) is 12.4. The molecule has 7 nitrogen and oxygen atoms in total. The fourth-order valence-corrected chi connectivity index (χ4v) is 4.27. The Morgan fingerprint density at radius 1 is 1.03 bits per heavy atom. The van der Waals surface area contributed by atoms with Crippen molar-refractivity contribution in [1.82, 2.24) is 24.0 Å². The van der Waals surface area contributed by atoms with E-state index in [-0.39, 0.29) is 11.5 Å². The number of nitrogens with zero attached hydrogens (tertiary/aromatic N) is 5. The zero-order valence-electron chi connectivity index (χ0n) is 18.3. The molecule has 0 bridgehead atoms. The highest BCUT2D eigenvalue weighted by Crippen LogP contribution is 2.18. The largest absolute Gasteiger partial charge is 0.335 e. The lowest BCUT2D eigenvalue weighted by atomic mass is 10.2. The van der Waals surface area contributed by atoms with Gasteiger partial charge in [-0.2, -0.15) is 5.10 Å². The summed E-state index contributed by atoms with van der Waals surface area (Å²) in [6, 6.07) is 9.94. The van der Waals surface area contributed by atoms with Crippen LogP contribution in [0.25, 0.3) is 16.6 Å². The first-order valence-electron chi connectivity index (χ1n) is 10.9.